The van der Waals surface area contributed by atoms with Crippen molar-refractivity contribution in [1.82, 2.24) is 4.57 Å². The molecule has 0 aliphatic carbocycles. The van der Waals surface area contributed by atoms with E-state index in [1.54, 1.807) is 0 Å². The molecule has 11 aromatic rings. The topological polar surface area (TPSA) is 8.17 Å². The molecule has 53 heavy (non-hydrogen) atoms. The largest absolute Gasteiger partial charge is 0.310 e. The summed E-state index contributed by atoms with van der Waals surface area (Å²) in [5, 5.41) is 10.3. The Bertz CT molecular complexity index is 3130. The fourth-order valence-electron chi connectivity index (χ4n) is 8.42. The molecule has 0 bridgehead atoms. The van der Waals surface area contributed by atoms with Crippen LogP contribution in [0, 0.1) is 0 Å². The first kappa shape index (κ1) is 30.0. The van der Waals surface area contributed by atoms with E-state index < -0.39 is 0 Å². The lowest BCUT2D eigenvalue weighted by molar-refractivity contribution is 1.19. The second-order valence-corrected chi connectivity index (χ2v) is 14.8. The lowest BCUT2D eigenvalue weighted by Crippen LogP contribution is -2.09. The van der Waals surface area contributed by atoms with Crippen molar-refractivity contribution in [3.05, 3.63) is 194 Å². The maximum Gasteiger partial charge on any atom is 0.0619 e. The number of rotatable bonds is 5. The molecule has 0 N–H and O–H groups in total. The van der Waals surface area contributed by atoms with Gasteiger partial charge in [0.05, 0.1) is 11.0 Å². The fourth-order valence-corrected chi connectivity index (χ4v) is 9.56. The summed E-state index contributed by atoms with van der Waals surface area (Å²) < 4.78 is 5.13. The van der Waals surface area contributed by atoms with Gasteiger partial charge in [-0.2, -0.15) is 0 Å². The Hall–Kier alpha value is -6.68. The molecule has 2 heterocycles. The lowest BCUT2D eigenvalue weighted by atomic mass is 9.96. The Labute approximate surface area is 311 Å². The first-order chi connectivity index (χ1) is 26.3. The van der Waals surface area contributed by atoms with E-state index in [9.17, 15) is 0 Å². The molecule has 2 aromatic heterocycles. The molecule has 0 spiro atoms. The second-order valence-electron chi connectivity index (χ2n) is 13.7. The fraction of sp³-hybridized carbons (Fsp3) is 0. The van der Waals surface area contributed by atoms with Crippen molar-refractivity contribution in [2.24, 2.45) is 0 Å². The smallest absolute Gasteiger partial charge is 0.0619 e. The van der Waals surface area contributed by atoms with Gasteiger partial charge >= 0.3 is 0 Å². The number of fused-ring (bicyclic) bond motifs is 10. The Morgan fingerprint density at radius 1 is 0.396 bits per heavy atom. The number of hydrogen-bond donors (Lipinski definition) is 0. The summed E-state index contributed by atoms with van der Waals surface area (Å²) in [6.07, 6.45) is 0. The van der Waals surface area contributed by atoms with Crippen molar-refractivity contribution in [3.8, 4) is 16.8 Å². The van der Waals surface area contributed by atoms with Gasteiger partial charge in [0.1, 0.15) is 0 Å². The van der Waals surface area contributed by atoms with Crippen molar-refractivity contribution in [1.29, 1.82) is 0 Å². The Morgan fingerprint density at radius 3 is 1.87 bits per heavy atom. The zero-order chi connectivity index (χ0) is 34.9. The maximum atomic E-state index is 2.52. The van der Waals surface area contributed by atoms with Gasteiger partial charge in [0.15, 0.2) is 0 Å². The molecule has 3 heteroatoms. The molecular weight excluding hydrogens is 661 g/mol. The minimum absolute atomic E-state index is 1.11. The van der Waals surface area contributed by atoms with Crippen LogP contribution in [-0.2, 0) is 0 Å². The number of benzene rings is 9. The molecule has 0 atom stereocenters. The van der Waals surface area contributed by atoms with Crippen LogP contribution in [0.1, 0.15) is 0 Å². The van der Waals surface area contributed by atoms with E-state index in [4.69, 9.17) is 0 Å². The standard InChI is InChI=1S/C50H32N2S/c1-3-15-36(16-4-1)51(37-17-5-2-6-18-37)38-19-11-14-35(31-38)41-22-12-23-44-49-45(30-27-34-26-25-33-13-7-8-20-40(33)48(34)49)52(50(41)44)39-28-29-43-42-21-9-10-24-46(42)53-47(43)32-39/h1-32H. The van der Waals surface area contributed by atoms with Crippen molar-refractivity contribution >= 4 is 91.9 Å². The molecule has 2 nitrogen and oxygen atoms in total. The number of aromatic nitrogens is 1. The summed E-state index contributed by atoms with van der Waals surface area (Å²) in [5.74, 6) is 0. The molecule has 0 saturated heterocycles. The van der Waals surface area contributed by atoms with E-state index in [1.807, 2.05) is 11.3 Å². The SMILES string of the molecule is c1ccc(N(c2ccccc2)c2cccc(-c3cccc4c5c6c(ccc7ccccc76)ccc5n(-c5ccc6c(c5)sc5ccccc56)c34)c2)cc1. The van der Waals surface area contributed by atoms with Crippen molar-refractivity contribution < 1.29 is 0 Å². The van der Waals surface area contributed by atoms with E-state index in [0.717, 1.165) is 17.1 Å². The zero-order valence-corrected chi connectivity index (χ0v) is 29.6. The minimum Gasteiger partial charge on any atom is -0.310 e. The Kier molecular flexibility index (Phi) is 6.76. The summed E-state index contributed by atoms with van der Waals surface area (Å²) in [7, 11) is 0. The van der Waals surface area contributed by atoms with Gasteiger partial charge in [-0.05, 0) is 87.8 Å². The lowest BCUT2D eigenvalue weighted by Gasteiger charge is -2.26. The molecular formula is C50H32N2S. The van der Waals surface area contributed by atoms with E-state index in [1.165, 1.54) is 80.3 Å². The third kappa shape index (κ3) is 4.71. The molecule has 11 rings (SSSR count). The van der Waals surface area contributed by atoms with Gasteiger partial charge < -0.3 is 9.47 Å². The van der Waals surface area contributed by atoms with Crippen molar-refractivity contribution in [2.45, 2.75) is 0 Å². The van der Waals surface area contributed by atoms with Crippen LogP contribution < -0.4 is 4.90 Å². The molecule has 0 radical (unpaired) electrons. The number of hydrogen-bond acceptors (Lipinski definition) is 2. The predicted octanol–water partition coefficient (Wildman–Crippen LogP) is 14.6. The molecule has 0 aliphatic heterocycles. The van der Waals surface area contributed by atoms with Gasteiger partial charge in [-0.25, -0.2) is 0 Å². The number of para-hydroxylation sites is 3. The number of nitrogens with zero attached hydrogens (tertiary/aromatic N) is 2. The van der Waals surface area contributed by atoms with E-state index in [2.05, 4.69) is 204 Å². The molecule has 0 saturated carbocycles. The highest BCUT2D eigenvalue weighted by Gasteiger charge is 2.21. The summed E-state index contributed by atoms with van der Waals surface area (Å²) in [5.41, 5.74) is 9.33. The van der Waals surface area contributed by atoms with E-state index in [0.29, 0.717) is 0 Å². The van der Waals surface area contributed by atoms with Crippen LogP contribution in [-0.4, -0.2) is 4.57 Å². The van der Waals surface area contributed by atoms with Crippen LogP contribution in [0.25, 0.3) is 80.3 Å². The van der Waals surface area contributed by atoms with Crippen LogP contribution >= 0.6 is 11.3 Å². The van der Waals surface area contributed by atoms with Gasteiger partial charge in [-0.3, -0.25) is 0 Å². The highest BCUT2D eigenvalue weighted by molar-refractivity contribution is 7.25. The van der Waals surface area contributed by atoms with Gasteiger partial charge in [0.25, 0.3) is 0 Å². The summed E-state index contributed by atoms with van der Waals surface area (Å²) in [4.78, 5) is 2.34. The first-order valence-corrected chi connectivity index (χ1v) is 18.9. The summed E-state index contributed by atoms with van der Waals surface area (Å²) >= 11 is 1.87. The Morgan fingerprint density at radius 2 is 1.04 bits per heavy atom. The van der Waals surface area contributed by atoms with Crippen LogP contribution in [0.5, 0.6) is 0 Å². The maximum absolute atomic E-state index is 2.52. The number of anilines is 3. The van der Waals surface area contributed by atoms with Crippen molar-refractivity contribution in [2.75, 3.05) is 4.90 Å². The van der Waals surface area contributed by atoms with Crippen LogP contribution in [0.3, 0.4) is 0 Å². The molecule has 0 fully saturated rings. The van der Waals surface area contributed by atoms with Gasteiger partial charge in [-0.1, -0.05) is 133 Å². The van der Waals surface area contributed by atoms with Gasteiger partial charge in [-0.15, -0.1) is 11.3 Å². The van der Waals surface area contributed by atoms with Crippen molar-refractivity contribution in [3.63, 3.8) is 0 Å². The molecule has 9 aromatic carbocycles. The van der Waals surface area contributed by atoms with Gasteiger partial charge in [0.2, 0.25) is 0 Å². The normalized spacial score (nSPS) is 11.8. The second kappa shape index (κ2) is 11.9. The summed E-state index contributed by atoms with van der Waals surface area (Å²) in [6.45, 7) is 0. The molecule has 0 aliphatic rings. The van der Waals surface area contributed by atoms with E-state index in [-0.39, 0.29) is 0 Å². The average molecular weight is 693 g/mol. The Balaban J connectivity index is 1.23. The summed E-state index contributed by atoms with van der Waals surface area (Å²) in [6, 6.07) is 70.9. The first-order valence-electron chi connectivity index (χ1n) is 18.1. The van der Waals surface area contributed by atoms with E-state index >= 15 is 0 Å². The molecule has 248 valence electrons. The quantitative estimate of drug-likeness (QED) is 0.163. The monoisotopic (exact) mass is 692 g/mol. The third-order valence-electron chi connectivity index (χ3n) is 10.7. The highest BCUT2D eigenvalue weighted by atomic mass is 32.1. The predicted molar refractivity (Wildman–Crippen MR) is 229 cm³/mol. The average Bonchev–Trinajstić information content (AvgIpc) is 3.77. The number of thiophene rings is 1. The van der Waals surface area contributed by atoms with Crippen LogP contribution in [0.4, 0.5) is 17.1 Å². The van der Waals surface area contributed by atoms with Crippen LogP contribution in [0.15, 0.2) is 194 Å². The third-order valence-corrected chi connectivity index (χ3v) is 11.9. The molecule has 0 unspecified atom stereocenters. The zero-order valence-electron chi connectivity index (χ0n) is 28.8. The van der Waals surface area contributed by atoms with Gasteiger partial charge in [0, 0.05) is 59.3 Å². The highest BCUT2D eigenvalue weighted by Crippen LogP contribution is 2.45. The minimum atomic E-state index is 1.11. The molecule has 0 amide bonds. The van der Waals surface area contributed by atoms with Crippen LogP contribution in [0.2, 0.25) is 0 Å².